The molecule has 0 saturated heterocycles. The summed E-state index contributed by atoms with van der Waals surface area (Å²) in [6.45, 7) is 0. The van der Waals surface area contributed by atoms with Crippen LogP contribution in [0.5, 0.6) is 0 Å². The minimum Gasteiger partial charge on any atom is -0.456 e. The molecule has 1 aromatic heterocycles. The van der Waals surface area contributed by atoms with E-state index in [1.165, 1.54) is 27.8 Å². The van der Waals surface area contributed by atoms with Crippen molar-refractivity contribution in [1.82, 2.24) is 0 Å². The van der Waals surface area contributed by atoms with E-state index < -0.39 is 0 Å². The Balaban J connectivity index is 1.38. The van der Waals surface area contributed by atoms with E-state index in [9.17, 15) is 0 Å². The molecule has 0 amide bonds. The Morgan fingerprint density at radius 1 is 0.364 bits per heavy atom. The van der Waals surface area contributed by atoms with Gasteiger partial charge in [0.25, 0.3) is 0 Å². The predicted molar refractivity (Wildman–Crippen MR) is 185 cm³/mol. The number of furan rings is 1. The van der Waals surface area contributed by atoms with E-state index in [1.54, 1.807) is 0 Å². The molecule has 44 heavy (non-hydrogen) atoms. The quantitative estimate of drug-likeness (QED) is 0.200. The summed E-state index contributed by atoms with van der Waals surface area (Å²) in [5, 5.41) is 2.24. The number of anilines is 3. The fourth-order valence-corrected chi connectivity index (χ4v) is 6.21. The fraction of sp³-hybridized carbons (Fsp3) is 0. The van der Waals surface area contributed by atoms with Crippen LogP contribution in [0.3, 0.4) is 0 Å². The Kier molecular flexibility index (Phi) is 6.51. The molecule has 0 atom stereocenters. The Labute approximate surface area is 257 Å². The summed E-state index contributed by atoms with van der Waals surface area (Å²) in [4.78, 5) is 2.36. The van der Waals surface area contributed by atoms with Gasteiger partial charge in [-0.1, -0.05) is 133 Å². The first kappa shape index (κ1) is 25.8. The molecule has 7 aromatic carbocycles. The summed E-state index contributed by atoms with van der Waals surface area (Å²) in [5.41, 5.74) is 12.1. The van der Waals surface area contributed by atoms with Crippen LogP contribution in [0.25, 0.3) is 55.3 Å². The molecule has 0 fully saturated rings. The molecule has 0 spiro atoms. The Morgan fingerprint density at radius 3 is 1.66 bits per heavy atom. The van der Waals surface area contributed by atoms with Crippen LogP contribution < -0.4 is 4.90 Å². The second kappa shape index (κ2) is 11.1. The van der Waals surface area contributed by atoms with Crippen LogP contribution in [-0.2, 0) is 0 Å². The van der Waals surface area contributed by atoms with Crippen molar-refractivity contribution in [3.63, 3.8) is 0 Å². The van der Waals surface area contributed by atoms with E-state index >= 15 is 0 Å². The molecule has 0 bridgehead atoms. The molecular weight excluding hydrogens is 534 g/mol. The van der Waals surface area contributed by atoms with Gasteiger partial charge in [-0.2, -0.15) is 0 Å². The Bertz CT molecular complexity index is 2200. The first-order valence-corrected chi connectivity index (χ1v) is 14.9. The Morgan fingerprint density at radius 2 is 0.932 bits per heavy atom. The zero-order valence-corrected chi connectivity index (χ0v) is 24.1. The van der Waals surface area contributed by atoms with Crippen molar-refractivity contribution in [2.45, 2.75) is 0 Å². The molecule has 1 heterocycles. The minimum atomic E-state index is 0.870. The van der Waals surface area contributed by atoms with E-state index in [0.29, 0.717) is 0 Å². The highest BCUT2D eigenvalue weighted by molar-refractivity contribution is 6.06. The van der Waals surface area contributed by atoms with Gasteiger partial charge in [0, 0.05) is 33.8 Å². The molecule has 0 unspecified atom stereocenters. The third-order valence-electron chi connectivity index (χ3n) is 8.28. The lowest BCUT2D eigenvalue weighted by Gasteiger charge is -2.29. The molecule has 0 radical (unpaired) electrons. The van der Waals surface area contributed by atoms with E-state index in [2.05, 4.69) is 169 Å². The zero-order valence-electron chi connectivity index (χ0n) is 24.1. The summed E-state index contributed by atoms with van der Waals surface area (Å²) in [7, 11) is 0. The van der Waals surface area contributed by atoms with Gasteiger partial charge in [-0.05, 0) is 64.2 Å². The first-order valence-electron chi connectivity index (χ1n) is 14.9. The normalized spacial score (nSPS) is 11.2. The van der Waals surface area contributed by atoms with Crippen molar-refractivity contribution in [2.24, 2.45) is 0 Å². The Hall–Kier alpha value is -5.86. The van der Waals surface area contributed by atoms with Gasteiger partial charge < -0.3 is 9.32 Å². The van der Waals surface area contributed by atoms with Crippen LogP contribution >= 0.6 is 0 Å². The average molecular weight is 564 g/mol. The van der Waals surface area contributed by atoms with Crippen molar-refractivity contribution in [3.05, 3.63) is 176 Å². The van der Waals surface area contributed by atoms with E-state index in [-0.39, 0.29) is 0 Å². The van der Waals surface area contributed by atoms with Crippen LogP contribution in [0.2, 0.25) is 0 Å². The molecule has 2 nitrogen and oxygen atoms in total. The molecular formula is C42H29NO. The molecule has 2 heteroatoms. The summed E-state index contributed by atoms with van der Waals surface area (Å²) in [5.74, 6) is 0. The molecule has 0 N–H and O–H groups in total. The maximum Gasteiger partial charge on any atom is 0.137 e. The van der Waals surface area contributed by atoms with Gasteiger partial charge in [0.15, 0.2) is 0 Å². The van der Waals surface area contributed by atoms with E-state index in [4.69, 9.17) is 4.42 Å². The van der Waals surface area contributed by atoms with Crippen LogP contribution in [0.15, 0.2) is 180 Å². The molecule has 8 aromatic rings. The summed E-state index contributed by atoms with van der Waals surface area (Å²) in [6, 6.07) is 62.1. The predicted octanol–water partition coefficient (Wildman–Crippen LogP) is 12.1. The van der Waals surface area contributed by atoms with Gasteiger partial charge in [-0.3, -0.25) is 0 Å². The fourth-order valence-electron chi connectivity index (χ4n) is 6.21. The highest BCUT2D eigenvalue weighted by atomic mass is 16.3. The van der Waals surface area contributed by atoms with Crippen molar-refractivity contribution < 1.29 is 4.42 Å². The van der Waals surface area contributed by atoms with Crippen LogP contribution in [0.1, 0.15) is 0 Å². The first-order chi connectivity index (χ1) is 21.8. The summed E-state index contributed by atoms with van der Waals surface area (Å²) < 4.78 is 6.37. The van der Waals surface area contributed by atoms with Gasteiger partial charge in [-0.25, -0.2) is 0 Å². The molecule has 0 aliphatic carbocycles. The maximum atomic E-state index is 6.37. The maximum absolute atomic E-state index is 6.37. The number of fused-ring (bicyclic) bond motifs is 3. The largest absolute Gasteiger partial charge is 0.456 e. The summed E-state index contributed by atoms with van der Waals surface area (Å²) >= 11 is 0. The van der Waals surface area contributed by atoms with Crippen LogP contribution in [0.4, 0.5) is 17.1 Å². The van der Waals surface area contributed by atoms with Crippen LogP contribution in [0, 0.1) is 0 Å². The third kappa shape index (κ3) is 4.63. The van der Waals surface area contributed by atoms with Crippen molar-refractivity contribution in [2.75, 3.05) is 4.90 Å². The summed E-state index contributed by atoms with van der Waals surface area (Å²) in [6.07, 6.45) is 0. The lowest BCUT2D eigenvalue weighted by atomic mass is 9.92. The molecule has 0 aliphatic heterocycles. The number of benzene rings is 7. The number of nitrogens with zero attached hydrogens (tertiary/aromatic N) is 1. The lowest BCUT2D eigenvalue weighted by molar-refractivity contribution is 0.669. The average Bonchev–Trinajstić information content (AvgIpc) is 3.48. The van der Waals surface area contributed by atoms with Crippen molar-refractivity contribution in [1.29, 1.82) is 0 Å². The van der Waals surface area contributed by atoms with Crippen LogP contribution in [-0.4, -0.2) is 0 Å². The molecule has 8 rings (SSSR count). The monoisotopic (exact) mass is 563 g/mol. The highest BCUT2D eigenvalue weighted by Crippen LogP contribution is 2.46. The van der Waals surface area contributed by atoms with Gasteiger partial charge >= 0.3 is 0 Å². The molecule has 208 valence electrons. The minimum absolute atomic E-state index is 0.870. The SMILES string of the molecule is c1ccc(-c2ccc(N(c3ccc4c(c3)oc3ccccc34)c3cccc(-c4ccccc4)c3-c3ccccc3)cc2)cc1. The van der Waals surface area contributed by atoms with Gasteiger partial charge in [-0.15, -0.1) is 0 Å². The number of hydrogen-bond acceptors (Lipinski definition) is 2. The van der Waals surface area contributed by atoms with Crippen molar-refractivity contribution >= 4 is 39.0 Å². The molecule has 0 aliphatic rings. The zero-order chi connectivity index (χ0) is 29.3. The third-order valence-corrected chi connectivity index (χ3v) is 8.28. The second-order valence-corrected chi connectivity index (χ2v) is 11.0. The lowest BCUT2D eigenvalue weighted by Crippen LogP contribution is -2.11. The smallest absolute Gasteiger partial charge is 0.137 e. The van der Waals surface area contributed by atoms with Gasteiger partial charge in [0.05, 0.1) is 5.69 Å². The topological polar surface area (TPSA) is 16.4 Å². The van der Waals surface area contributed by atoms with Crippen molar-refractivity contribution in [3.8, 4) is 33.4 Å². The molecule has 0 saturated carbocycles. The van der Waals surface area contributed by atoms with Gasteiger partial charge in [0.1, 0.15) is 11.2 Å². The van der Waals surface area contributed by atoms with E-state index in [1.807, 2.05) is 12.1 Å². The number of rotatable bonds is 6. The second-order valence-electron chi connectivity index (χ2n) is 11.0. The number of hydrogen-bond donors (Lipinski definition) is 0. The van der Waals surface area contributed by atoms with E-state index in [0.717, 1.165) is 44.6 Å². The van der Waals surface area contributed by atoms with Gasteiger partial charge in [0.2, 0.25) is 0 Å². The number of para-hydroxylation sites is 1. The standard InChI is InChI=1S/C42H29NO/c1-4-13-30(14-5-1)31-23-25-34(26-24-31)43(35-27-28-38-37-19-10-11-22-40(37)44-41(38)29-35)39-21-12-20-36(32-15-6-2-7-16-32)42(39)33-17-8-3-9-18-33/h1-29H. The highest BCUT2D eigenvalue weighted by Gasteiger charge is 2.21.